The summed E-state index contributed by atoms with van der Waals surface area (Å²) in [7, 11) is 0. The smallest absolute Gasteiger partial charge is 0.330 e. The van der Waals surface area contributed by atoms with E-state index < -0.39 is 46.7 Å². The van der Waals surface area contributed by atoms with Crippen molar-refractivity contribution in [3.8, 4) is 0 Å². The maximum atomic E-state index is 12.8. The lowest BCUT2D eigenvalue weighted by Crippen LogP contribution is -2.69. The fraction of sp³-hybridized carbons (Fsp3) is 0.778. The van der Waals surface area contributed by atoms with Crippen molar-refractivity contribution in [3.05, 3.63) is 12.7 Å². The van der Waals surface area contributed by atoms with Gasteiger partial charge in [0.15, 0.2) is 6.10 Å². The van der Waals surface area contributed by atoms with E-state index in [2.05, 4.69) is 6.58 Å². The molecule has 4 aliphatic carbocycles. The minimum absolute atomic E-state index is 0.218. The van der Waals surface area contributed by atoms with Crippen LogP contribution in [0.1, 0.15) is 38.5 Å². The van der Waals surface area contributed by atoms with Crippen LogP contribution in [0.15, 0.2) is 12.7 Å². The highest BCUT2D eigenvalue weighted by Crippen LogP contribution is 2.81. The van der Waals surface area contributed by atoms with Gasteiger partial charge in [0.1, 0.15) is 6.61 Å². The summed E-state index contributed by atoms with van der Waals surface area (Å²) in [6, 6.07) is 0. The average Bonchev–Trinajstić information content (AvgIpc) is 2.83. The molecular weight excluding hydrogens is 328 g/mol. The van der Waals surface area contributed by atoms with E-state index in [4.69, 9.17) is 9.47 Å². The third kappa shape index (κ3) is 2.03. The molecule has 4 saturated carbocycles. The number of carbonyl (C=O) groups is 2. The lowest BCUT2D eigenvalue weighted by Gasteiger charge is -2.60. The molecule has 0 radical (unpaired) electrons. The Hall–Kier alpha value is -1.44. The predicted molar refractivity (Wildman–Crippen MR) is 84.1 cm³/mol. The standard InChI is InChI=1S/C18H24O7/c1-2-13(20)25-12(6-19)7-24-14(21)15-3-11-4-16(8-15)17(22,5-11)10-18(16,23)9-15/h2,11-12,19,22-23H,1,3-10H2. The number of aliphatic hydroxyl groups is 3. The summed E-state index contributed by atoms with van der Waals surface area (Å²) < 4.78 is 10.3. The second kappa shape index (κ2) is 5.05. The Balaban J connectivity index is 1.47. The van der Waals surface area contributed by atoms with E-state index >= 15 is 0 Å². The maximum Gasteiger partial charge on any atom is 0.330 e. The maximum absolute atomic E-state index is 12.8. The summed E-state index contributed by atoms with van der Waals surface area (Å²) in [6.07, 6.45) is 3.14. The number of aliphatic hydroxyl groups excluding tert-OH is 1. The van der Waals surface area contributed by atoms with Crippen LogP contribution in [0.5, 0.6) is 0 Å². The van der Waals surface area contributed by atoms with Crippen LogP contribution in [-0.2, 0) is 19.1 Å². The molecule has 7 heteroatoms. The Labute approximate surface area is 145 Å². The Morgan fingerprint density at radius 1 is 1.16 bits per heavy atom. The second-order valence-electron chi connectivity index (χ2n) is 8.48. The van der Waals surface area contributed by atoms with Gasteiger partial charge in [-0.15, -0.1) is 0 Å². The SMILES string of the molecule is C=CC(=O)OC(CO)COC(=O)C12CC3CC4(O)CC(O)(C1)C4(C3)C2. The van der Waals surface area contributed by atoms with Gasteiger partial charge in [-0.25, -0.2) is 4.79 Å². The molecule has 0 heterocycles. The monoisotopic (exact) mass is 352 g/mol. The molecule has 4 aliphatic rings. The van der Waals surface area contributed by atoms with Crippen molar-refractivity contribution in [1.82, 2.24) is 0 Å². The van der Waals surface area contributed by atoms with E-state index in [1.165, 1.54) is 0 Å². The Morgan fingerprint density at radius 2 is 1.92 bits per heavy atom. The Bertz CT molecular complexity index is 647. The molecule has 6 unspecified atom stereocenters. The van der Waals surface area contributed by atoms with Gasteiger partial charge in [-0.1, -0.05) is 6.58 Å². The van der Waals surface area contributed by atoms with Crippen LogP contribution in [0.2, 0.25) is 0 Å². The van der Waals surface area contributed by atoms with Crippen LogP contribution >= 0.6 is 0 Å². The second-order valence-corrected chi connectivity index (χ2v) is 8.48. The first-order valence-electron chi connectivity index (χ1n) is 8.77. The molecular formula is C18H24O7. The molecule has 1 spiro atoms. The Morgan fingerprint density at radius 3 is 2.60 bits per heavy atom. The summed E-state index contributed by atoms with van der Waals surface area (Å²) in [4.78, 5) is 24.0. The van der Waals surface area contributed by atoms with E-state index in [0.717, 1.165) is 12.5 Å². The van der Waals surface area contributed by atoms with Crippen LogP contribution in [0.25, 0.3) is 0 Å². The summed E-state index contributed by atoms with van der Waals surface area (Å²) in [5.74, 6) is -0.909. The van der Waals surface area contributed by atoms with E-state index in [1.54, 1.807) is 0 Å². The zero-order valence-corrected chi connectivity index (χ0v) is 14.1. The molecule has 0 aromatic rings. The van der Waals surface area contributed by atoms with Gasteiger partial charge in [-0.2, -0.15) is 0 Å². The van der Waals surface area contributed by atoms with Crippen molar-refractivity contribution in [2.45, 2.75) is 55.8 Å². The minimum atomic E-state index is -0.988. The summed E-state index contributed by atoms with van der Waals surface area (Å²) in [6.45, 7) is 2.58. The third-order valence-corrected chi connectivity index (χ3v) is 7.07. The quantitative estimate of drug-likeness (QED) is 0.458. The molecule has 3 bridgehead atoms. The molecule has 0 aliphatic heterocycles. The predicted octanol–water partition coefficient (Wildman–Crippen LogP) is 0.0659. The number of ether oxygens (including phenoxy) is 2. The number of fused-ring (bicyclic) bond motifs is 2. The molecule has 4 rings (SSSR count). The zero-order chi connectivity index (χ0) is 18.1. The number of hydrogen-bond acceptors (Lipinski definition) is 7. The average molecular weight is 352 g/mol. The van der Waals surface area contributed by atoms with Crippen LogP contribution in [0.3, 0.4) is 0 Å². The molecule has 4 fully saturated rings. The molecule has 0 amide bonds. The number of rotatable bonds is 6. The number of hydrogen-bond donors (Lipinski definition) is 3. The first kappa shape index (κ1) is 17.0. The van der Waals surface area contributed by atoms with E-state index in [1.807, 2.05) is 0 Å². The third-order valence-electron chi connectivity index (χ3n) is 7.07. The van der Waals surface area contributed by atoms with Crippen molar-refractivity contribution in [1.29, 1.82) is 0 Å². The van der Waals surface area contributed by atoms with Gasteiger partial charge in [0.25, 0.3) is 0 Å². The van der Waals surface area contributed by atoms with Gasteiger partial charge >= 0.3 is 11.9 Å². The van der Waals surface area contributed by atoms with Crippen molar-refractivity contribution < 1.29 is 34.4 Å². The highest BCUT2D eigenvalue weighted by molar-refractivity contribution is 5.81. The first-order chi connectivity index (χ1) is 11.7. The molecule has 138 valence electrons. The van der Waals surface area contributed by atoms with Gasteiger partial charge < -0.3 is 24.8 Å². The molecule has 7 nitrogen and oxygen atoms in total. The van der Waals surface area contributed by atoms with Crippen molar-refractivity contribution in [2.75, 3.05) is 13.2 Å². The molecule has 3 N–H and O–H groups in total. The number of esters is 2. The van der Waals surface area contributed by atoms with E-state index in [9.17, 15) is 24.9 Å². The molecule has 0 aromatic heterocycles. The highest BCUT2D eigenvalue weighted by Gasteiger charge is 2.85. The minimum Gasteiger partial charge on any atom is -0.461 e. The lowest BCUT2D eigenvalue weighted by atomic mass is 9.50. The van der Waals surface area contributed by atoms with Crippen molar-refractivity contribution in [2.24, 2.45) is 16.7 Å². The largest absolute Gasteiger partial charge is 0.461 e. The van der Waals surface area contributed by atoms with Gasteiger partial charge in [0.2, 0.25) is 0 Å². The molecule has 0 saturated heterocycles. The fourth-order valence-corrected chi connectivity index (χ4v) is 6.40. The van der Waals surface area contributed by atoms with Crippen LogP contribution < -0.4 is 0 Å². The van der Waals surface area contributed by atoms with Gasteiger partial charge in [-0.3, -0.25) is 4.79 Å². The summed E-state index contributed by atoms with van der Waals surface area (Å²) in [5.41, 5.74) is -3.20. The fourth-order valence-electron chi connectivity index (χ4n) is 6.40. The zero-order valence-electron chi connectivity index (χ0n) is 14.1. The van der Waals surface area contributed by atoms with Crippen LogP contribution in [0.4, 0.5) is 0 Å². The van der Waals surface area contributed by atoms with Gasteiger partial charge in [0.05, 0.1) is 23.2 Å². The topological polar surface area (TPSA) is 113 Å². The lowest BCUT2D eigenvalue weighted by molar-refractivity contribution is -0.270. The first-order valence-corrected chi connectivity index (χ1v) is 8.77. The molecule has 0 aromatic carbocycles. The molecule has 25 heavy (non-hydrogen) atoms. The van der Waals surface area contributed by atoms with Gasteiger partial charge in [-0.05, 0) is 38.0 Å². The normalized spacial score (nSPS) is 46.9. The highest BCUT2D eigenvalue weighted by atomic mass is 16.6. The van der Waals surface area contributed by atoms with E-state index in [0.29, 0.717) is 32.1 Å². The van der Waals surface area contributed by atoms with Crippen molar-refractivity contribution >= 4 is 11.9 Å². The van der Waals surface area contributed by atoms with E-state index in [-0.39, 0.29) is 12.5 Å². The van der Waals surface area contributed by atoms with Crippen molar-refractivity contribution in [3.63, 3.8) is 0 Å². The number of carbonyl (C=O) groups excluding carboxylic acids is 2. The Kier molecular flexibility index (Phi) is 3.43. The van der Waals surface area contributed by atoms with Crippen LogP contribution in [0, 0.1) is 16.7 Å². The summed E-state index contributed by atoms with van der Waals surface area (Å²) in [5, 5.41) is 31.1. The van der Waals surface area contributed by atoms with Crippen LogP contribution in [-0.4, -0.2) is 57.8 Å². The molecule has 6 atom stereocenters. The summed E-state index contributed by atoms with van der Waals surface area (Å²) >= 11 is 0. The van der Waals surface area contributed by atoms with Gasteiger partial charge in [0, 0.05) is 17.9 Å².